The standard InChI is InChI=1S/C21H26F3N3O3S/c1-13-7-9-15(31(29,30)26-20(2,3)4)12-16(13)19(28)25-17-11-14(21(22,23)24)8-10-18(17)27(5)6/h7-12,26H,1-6H3,(H,25,28). The molecule has 0 aliphatic rings. The van der Waals surface area contributed by atoms with Crippen molar-refractivity contribution in [2.45, 2.75) is 44.3 Å². The largest absolute Gasteiger partial charge is 0.416 e. The Balaban J connectivity index is 2.47. The first kappa shape index (κ1) is 24.7. The first-order valence-electron chi connectivity index (χ1n) is 9.36. The summed E-state index contributed by atoms with van der Waals surface area (Å²) in [5, 5.41) is 2.49. The summed E-state index contributed by atoms with van der Waals surface area (Å²) in [6, 6.07) is 7.11. The molecule has 6 nitrogen and oxygen atoms in total. The smallest absolute Gasteiger partial charge is 0.376 e. The SMILES string of the molecule is Cc1ccc(S(=O)(=O)NC(C)(C)C)cc1C(=O)Nc1cc(C(F)(F)F)ccc1N(C)C. The fraction of sp³-hybridized carbons (Fsp3) is 0.381. The van der Waals surface area contributed by atoms with E-state index in [1.807, 2.05) is 0 Å². The number of sulfonamides is 1. The van der Waals surface area contributed by atoms with E-state index in [1.54, 1.807) is 46.7 Å². The molecular formula is C21H26F3N3O3S. The molecule has 0 heterocycles. The number of halogens is 3. The Morgan fingerprint density at radius 1 is 1.00 bits per heavy atom. The molecule has 0 bridgehead atoms. The Labute approximate surface area is 180 Å². The van der Waals surface area contributed by atoms with Gasteiger partial charge in [-0.1, -0.05) is 6.07 Å². The van der Waals surface area contributed by atoms with E-state index in [0.717, 1.165) is 12.1 Å². The van der Waals surface area contributed by atoms with E-state index in [2.05, 4.69) is 10.0 Å². The third-order valence-corrected chi connectivity index (χ3v) is 6.01. The van der Waals surface area contributed by atoms with E-state index >= 15 is 0 Å². The van der Waals surface area contributed by atoms with Crippen molar-refractivity contribution in [3.8, 4) is 0 Å². The van der Waals surface area contributed by atoms with Gasteiger partial charge in [-0.25, -0.2) is 13.1 Å². The molecular weight excluding hydrogens is 431 g/mol. The lowest BCUT2D eigenvalue weighted by Crippen LogP contribution is -2.40. The molecule has 0 saturated heterocycles. The van der Waals surface area contributed by atoms with Crippen molar-refractivity contribution in [3.05, 3.63) is 53.1 Å². The molecule has 0 unspecified atom stereocenters. The van der Waals surface area contributed by atoms with Crippen LogP contribution in [0.2, 0.25) is 0 Å². The van der Waals surface area contributed by atoms with Gasteiger partial charge in [-0.2, -0.15) is 13.2 Å². The van der Waals surface area contributed by atoms with Gasteiger partial charge in [0.2, 0.25) is 10.0 Å². The lowest BCUT2D eigenvalue weighted by Gasteiger charge is -2.21. The minimum atomic E-state index is -4.58. The van der Waals surface area contributed by atoms with Crippen LogP contribution in [0, 0.1) is 6.92 Å². The highest BCUT2D eigenvalue weighted by atomic mass is 32.2. The van der Waals surface area contributed by atoms with Gasteiger partial charge in [-0.05, 0) is 63.6 Å². The minimum absolute atomic E-state index is 0.0368. The Bertz CT molecular complexity index is 1090. The summed E-state index contributed by atoms with van der Waals surface area (Å²) in [6.45, 7) is 6.66. The van der Waals surface area contributed by atoms with Crippen LogP contribution in [0.4, 0.5) is 24.5 Å². The van der Waals surface area contributed by atoms with Crippen LogP contribution in [0.25, 0.3) is 0 Å². The number of carbonyl (C=O) groups is 1. The molecule has 2 rings (SSSR count). The molecule has 170 valence electrons. The average Bonchev–Trinajstić information content (AvgIpc) is 2.58. The maximum atomic E-state index is 13.1. The maximum absolute atomic E-state index is 13.1. The summed E-state index contributed by atoms with van der Waals surface area (Å²) in [6.07, 6.45) is -4.58. The monoisotopic (exact) mass is 457 g/mol. The van der Waals surface area contributed by atoms with Gasteiger partial charge in [-0.3, -0.25) is 4.79 Å². The zero-order valence-electron chi connectivity index (χ0n) is 18.2. The maximum Gasteiger partial charge on any atom is 0.416 e. The molecule has 0 aromatic heterocycles. The second-order valence-electron chi connectivity index (χ2n) is 8.41. The average molecular weight is 458 g/mol. The number of nitrogens with zero attached hydrogens (tertiary/aromatic N) is 1. The molecule has 0 atom stereocenters. The second-order valence-corrected chi connectivity index (χ2v) is 10.1. The lowest BCUT2D eigenvalue weighted by molar-refractivity contribution is -0.137. The number of anilines is 2. The first-order chi connectivity index (χ1) is 14.0. The Kier molecular flexibility index (Phi) is 6.77. The molecule has 2 aromatic carbocycles. The van der Waals surface area contributed by atoms with Crippen LogP contribution in [0.15, 0.2) is 41.3 Å². The topological polar surface area (TPSA) is 78.5 Å². The van der Waals surface area contributed by atoms with Crippen molar-refractivity contribution in [2.24, 2.45) is 0 Å². The predicted octanol–water partition coefficient (Wildman–Crippen LogP) is 4.41. The number of hydrogen-bond donors (Lipinski definition) is 2. The quantitative estimate of drug-likeness (QED) is 0.697. The van der Waals surface area contributed by atoms with Gasteiger partial charge in [0.25, 0.3) is 5.91 Å². The third kappa shape index (κ3) is 6.20. The van der Waals surface area contributed by atoms with Crippen LogP contribution in [0.3, 0.4) is 0 Å². The highest BCUT2D eigenvalue weighted by Gasteiger charge is 2.31. The predicted molar refractivity (Wildman–Crippen MR) is 115 cm³/mol. The molecule has 1 amide bonds. The van der Waals surface area contributed by atoms with Gasteiger partial charge in [0.1, 0.15) is 0 Å². The zero-order chi connectivity index (χ0) is 23.8. The summed E-state index contributed by atoms with van der Waals surface area (Å²) in [7, 11) is -0.631. The van der Waals surface area contributed by atoms with Crippen LogP contribution in [-0.4, -0.2) is 34.0 Å². The molecule has 10 heteroatoms. The third-order valence-electron chi connectivity index (χ3n) is 4.26. The number of hydrogen-bond acceptors (Lipinski definition) is 4. The van der Waals surface area contributed by atoms with Crippen LogP contribution in [0.5, 0.6) is 0 Å². The van der Waals surface area contributed by atoms with Crippen molar-refractivity contribution in [1.82, 2.24) is 4.72 Å². The number of nitrogens with one attached hydrogen (secondary N) is 2. The van der Waals surface area contributed by atoms with Crippen molar-refractivity contribution < 1.29 is 26.4 Å². The molecule has 31 heavy (non-hydrogen) atoms. The normalized spacial score (nSPS) is 12.5. The van der Waals surface area contributed by atoms with Gasteiger partial charge in [0, 0.05) is 25.2 Å². The molecule has 0 aliphatic heterocycles. The van der Waals surface area contributed by atoms with Gasteiger partial charge >= 0.3 is 6.18 Å². The number of amides is 1. The summed E-state index contributed by atoms with van der Waals surface area (Å²) < 4.78 is 67.2. The van der Waals surface area contributed by atoms with E-state index < -0.39 is 33.2 Å². The Morgan fingerprint density at radius 3 is 2.13 bits per heavy atom. The lowest BCUT2D eigenvalue weighted by atomic mass is 10.1. The summed E-state index contributed by atoms with van der Waals surface area (Å²) in [5.74, 6) is -0.715. The van der Waals surface area contributed by atoms with Crippen molar-refractivity contribution in [2.75, 3.05) is 24.3 Å². The van der Waals surface area contributed by atoms with E-state index in [-0.39, 0.29) is 16.1 Å². The summed E-state index contributed by atoms with van der Waals surface area (Å²) >= 11 is 0. The Morgan fingerprint density at radius 2 is 1.61 bits per heavy atom. The van der Waals surface area contributed by atoms with E-state index in [4.69, 9.17) is 0 Å². The van der Waals surface area contributed by atoms with Crippen LogP contribution >= 0.6 is 0 Å². The number of rotatable bonds is 5. The van der Waals surface area contributed by atoms with Crippen molar-refractivity contribution >= 4 is 27.3 Å². The zero-order valence-corrected chi connectivity index (χ0v) is 19.0. The molecule has 2 N–H and O–H groups in total. The molecule has 2 aromatic rings. The van der Waals surface area contributed by atoms with E-state index in [1.165, 1.54) is 24.3 Å². The number of aryl methyl sites for hydroxylation is 1. The van der Waals surface area contributed by atoms with Gasteiger partial charge in [-0.15, -0.1) is 0 Å². The fourth-order valence-electron chi connectivity index (χ4n) is 2.87. The first-order valence-corrected chi connectivity index (χ1v) is 10.8. The fourth-order valence-corrected chi connectivity index (χ4v) is 4.31. The van der Waals surface area contributed by atoms with Crippen molar-refractivity contribution in [3.63, 3.8) is 0 Å². The number of carbonyl (C=O) groups excluding carboxylic acids is 1. The highest BCUT2D eigenvalue weighted by molar-refractivity contribution is 7.89. The van der Waals surface area contributed by atoms with Crippen molar-refractivity contribution in [1.29, 1.82) is 0 Å². The number of benzene rings is 2. The second kappa shape index (κ2) is 8.51. The number of alkyl halides is 3. The molecule has 0 fully saturated rings. The molecule has 0 aliphatic carbocycles. The van der Waals surface area contributed by atoms with Gasteiger partial charge in [0.15, 0.2) is 0 Å². The van der Waals surface area contributed by atoms with E-state index in [9.17, 15) is 26.4 Å². The van der Waals surface area contributed by atoms with Crippen LogP contribution in [0.1, 0.15) is 42.3 Å². The van der Waals surface area contributed by atoms with Crippen LogP contribution < -0.4 is 14.9 Å². The molecule has 0 spiro atoms. The Hall–Kier alpha value is -2.59. The highest BCUT2D eigenvalue weighted by Crippen LogP contribution is 2.35. The molecule has 0 radical (unpaired) electrons. The molecule has 0 saturated carbocycles. The van der Waals surface area contributed by atoms with Gasteiger partial charge < -0.3 is 10.2 Å². The van der Waals surface area contributed by atoms with Crippen LogP contribution in [-0.2, 0) is 16.2 Å². The van der Waals surface area contributed by atoms with Gasteiger partial charge in [0.05, 0.1) is 21.8 Å². The summed E-state index contributed by atoms with van der Waals surface area (Å²) in [5.41, 5.74) is -0.784. The summed E-state index contributed by atoms with van der Waals surface area (Å²) in [4.78, 5) is 14.4. The van der Waals surface area contributed by atoms with E-state index in [0.29, 0.717) is 11.3 Å². The minimum Gasteiger partial charge on any atom is -0.376 e.